The van der Waals surface area contributed by atoms with Crippen LogP contribution in [0.3, 0.4) is 0 Å². The quantitative estimate of drug-likeness (QED) is 0.736. The highest BCUT2D eigenvalue weighted by molar-refractivity contribution is 5.25. The second-order valence-corrected chi connectivity index (χ2v) is 6.28. The minimum atomic E-state index is 0.419. The van der Waals surface area contributed by atoms with Crippen LogP contribution in [0.25, 0.3) is 0 Å². The van der Waals surface area contributed by atoms with Crippen molar-refractivity contribution in [3.63, 3.8) is 0 Å². The van der Waals surface area contributed by atoms with Crippen molar-refractivity contribution < 1.29 is 0 Å². The van der Waals surface area contributed by atoms with Gasteiger partial charge in [-0.1, -0.05) is 51.5 Å². The van der Waals surface area contributed by atoms with Crippen molar-refractivity contribution in [1.82, 2.24) is 10.2 Å². The van der Waals surface area contributed by atoms with E-state index in [0.717, 1.165) is 12.5 Å². The summed E-state index contributed by atoms with van der Waals surface area (Å²) in [5, 5.41) is 3.45. The molecule has 0 aromatic heterocycles. The van der Waals surface area contributed by atoms with Crippen molar-refractivity contribution in [1.29, 1.82) is 0 Å². The van der Waals surface area contributed by atoms with E-state index in [-0.39, 0.29) is 0 Å². The van der Waals surface area contributed by atoms with Crippen LogP contribution < -0.4 is 5.32 Å². The molecule has 0 saturated heterocycles. The zero-order valence-electron chi connectivity index (χ0n) is 13.9. The van der Waals surface area contributed by atoms with Gasteiger partial charge in [-0.3, -0.25) is 0 Å². The van der Waals surface area contributed by atoms with Crippen LogP contribution in [0.2, 0.25) is 0 Å². The second kappa shape index (κ2) is 9.15. The fraction of sp³-hybridized carbons (Fsp3) is 0.667. The summed E-state index contributed by atoms with van der Waals surface area (Å²) in [5.74, 6) is 0.777. The van der Waals surface area contributed by atoms with Gasteiger partial charge in [-0.15, -0.1) is 0 Å². The van der Waals surface area contributed by atoms with E-state index in [1.807, 2.05) is 0 Å². The summed E-state index contributed by atoms with van der Waals surface area (Å²) in [4.78, 5) is 2.43. The molecule has 0 amide bonds. The van der Waals surface area contributed by atoms with Crippen LogP contribution >= 0.6 is 0 Å². The Morgan fingerprint density at radius 1 is 1.15 bits per heavy atom. The van der Waals surface area contributed by atoms with Crippen LogP contribution in [-0.2, 0) is 6.42 Å². The lowest BCUT2D eigenvalue weighted by atomic mass is 10.0. The minimum absolute atomic E-state index is 0.419. The first-order chi connectivity index (χ1) is 9.56. The Bertz CT molecular complexity index is 356. The molecule has 0 aliphatic carbocycles. The normalized spacial score (nSPS) is 13.2. The fourth-order valence-electron chi connectivity index (χ4n) is 2.45. The third-order valence-corrected chi connectivity index (χ3v) is 3.85. The average Bonchev–Trinajstić information content (AvgIpc) is 2.44. The summed E-state index contributed by atoms with van der Waals surface area (Å²) in [6.07, 6.45) is 3.66. The molecule has 20 heavy (non-hydrogen) atoms. The topological polar surface area (TPSA) is 15.3 Å². The lowest BCUT2D eigenvalue weighted by molar-refractivity contribution is 0.280. The van der Waals surface area contributed by atoms with Gasteiger partial charge in [0.15, 0.2) is 0 Å². The van der Waals surface area contributed by atoms with Gasteiger partial charge >= 0.3 is 0 Å². The predicted octanol–water partition coefficient (Wildman–Crippen LogP) is 3.88. The van der Waals surface area contributed by atoms with Gasteiger partial charge in [0, 0.05) is 12.6 Å². The van der Waals surface area contributed by atoms with Crippen LogP contribution in [0, 0.1) is 5.92 Å². The number of likely N-dealkylation sites (N-methyl/N-ethyl adjacent to an activating group) is 2. The lowest BCUT2D eigenvalue weighted by Gasteiger charge is -2.25. The molecule has 0 bridgehead atoms. The zero-order chi connectivity index (χ0) is 15.0. The molecule has 0 aliphatic rings. The molecule has 2 heteroatoms. The number of rotatable bonds is 9. The summed E-state index contributed by atoms with van der Waals surface area (Å²) in [5.41, 5.74) is 2.84. The van der Waals surface area contributed by atoms with E-state index in [0.29, 0.717) is 6.04 Å². The van der Waals surface area contributed by atoms with Crippen LogP contribution in [0.15, 0.2) is 24.3 Å². The maximum atomic E-state index is 3.45. The molecule has 0 fully saturated rings. The third-order valence-electron chi connectivity index (χ3n) is 3.85. The number of aryl methyl sites for hydroxylation is 1. The molecule has 0 spiro atoms. The van der Waals surface area contributed by atoms with Gasteiger partial charge in [0.05, 0.1) is 0 Å². The zero-order valence-corrected chi connectivity index (χ0v) is 13.9. The molecule has 1 aromatic rings. The van der Waals surface area contributed by atoms with Crippen molar-refractivity contribution in [3.05, 3.63) is 35.4 Å². The van der Waals surface area contributed by atoms with E-state index >= 15 is 0 Å². The van der Waals surface area contributed by atoms with Crippen molar-refractivity contribution in [2.45, 2.75) is 46.1 Å². The highest BCUT2D eigenvalue weighted by Gasteiger charge is 2.12. The molecule has 1 N–H and O–H groups in total. The number of hydrogen-bond donors (Lipinski definition) is 1. The second-order valence-electron chi connectivity index (χ2n) is 6.28. The van der Waals surface area contributed by atoms with Gasteiger partial charge in [0.1, 0.15) is 0 Å². The Hall–Kier alpha value is -0.860. The van der Waals surface area contributed by atoms with E-state index in [9.17, 15) is 0 Å². The standard InChI is InChI=1S/C18H32N2/c1-6-7-16-8-10-17(11-9-16)18(19-4)14-20(5)13-12-15(2)3/h8-11,15,18-19H,6-7,12-14H2,1-5H3. The van der Waals surface area contributed by atoms with Crippen molar-refractivity contribution >= 4 is 0 Å². The molecular formula is C18H32N2. The molecule has 1 rings (SSSR count). The van der Waals surface area contributed by atoms with Crippen molar-refractivity contribution in [3.8, 4) is 0 Å². The minimum Gasteiger partial charge on any atom is -0.312 e. The van der Waals surface area contributed by atoms with Gasteiger partial charge < -0.3 is 10.2 Å². The first kappa shape index (κ1) is 17.2. The molecule has 0 aliphatic heterocycles. The predicted molar refractivity (Wildman–Crippen MR) is 89.2 cm³/mol. The summed E-state index contributed by atoms with van der Waals surface area (Å²) in [7, 11) is 4.28. The summed E-state index contributed by atoms with van der Waals surface area (Å²) in [6.45, 7) is 9.04. The van der Waals surface area contributed by atoms with Gasteiger partial charge in [0.2, 0.25) is 0 Å². The maximum absolute atomic E-state index is 3.45. The molecule has 1 unspecified atom stereocenters. The van der Waals surface area contributed by atoms with Gasteiger partial charge in [-0.25, -0.2) is 0 Å². The number of nitrogens with zero attached hydrogens (tertiary/aromatic N) is 1. The number of hydrogen-bond acceptors (Lipinski definition) is 2. The molecule has 1 atom stereocenters. The molecular weight excluding hydrogens is 244 g/mol. The molecule has 2 nitrogen and oxygen atoms in total. The Balaban J connectivity index is 2.56. The first-order valence-electron chi connectivity index (χ1n) is 8.01. The average molecular weight is 276 g/mol. The maximum Gasteiger partial charge on any atom is 0.0446 e. The van der Waals surface area contributed by atoms with Crippen LogP contribution in [0.4, 0.5) is 0 Å². The van der Waals surface area contributed by atoms with Crippen molar-refractivity contribution in [2.24, 2.45) is 5.92 Å². The molecule has 1 aromatic carbocycles. The van der Waals surface area contributed by atoms with E-state index in [4.69, 9.17) is 0 Å². The van der Waals surface area contributed by atoms with Crippen molar-refractivity contribution in [2.75, 3.05) is 27.2 Å². The lowest BCUT2D eigenvalue weighted by Crippen LogP contribution is -2.32. The summed E-state index contributed by atoms with van der Waals surface area (Å²) in [6, 6.07) is 9.53. The molecule has 114 valence electrons. The van der Waals surface area contributed by atoms with Crippen LogP contribution in [0.1, 0.15) is 50.8 Å². The Labute approximate surface area is 125 Å². The van der Waals surface area contributed by atoms with E-state index in [2.05, 4.69) is 69.3 Å². The highest BCUT2D eigenvalue weighted by atomic mass is 15.1. The summed E-state index contributed by atoms with van der Waals surface area (Å²) >= 11 is 0. The summed E-state index contributed by atoms with van der Waals surface area (Å²) < 4.78 is 0. The van der Waals surface area contributed by atoms with Crippen LogP contribution in [-0.4, -0.2) is 32.1 Å². The van der Waals surface area contributed by atoms with Gasteiger partial charge in [0.25, 0.3) is 0 Å². The van der Waals surface area contributed by atoms with Gasteiger partial charge in [-0.05, 0) is 50.5 Å². The first-order valence-corrected chi connectivity index (χ1v) is 8.01. The molecule has 0 radical (unpaired) electrons. The Kier molecular flexibility index (Phi) is 7.86. The number of benzene rings is 1. The van der Waals surface area contributed by atoms with Crippen LogP contribution in [0.5, 0.6) is 0 Å². The van der Waals surface area contributed by atoms with E-state index in [1.165, 1.54) is 36.9 Å². The number of nitrogens with one attached hydrogen (secondary N) is 1. The third kappa shape index (κ3) is 6.06. The van der Waals surface area contributed by atoms with Gasteiger partial charge in [-0.2, -0.15) is 0 Å². The smallest absolute Gasteiger partial charge is 0.0446 e. The van der Waals surface area contributed by atoms with E-state index < -0.39 is 0 Å². The Morgan fingerprint density at radius 2 is 1.80 bits per heavy atom. The highest BCUT2D eigenvalue weighted by Crippen LogP contribution is 2.16. The monoisotopic (exact) mass is 276 g/mol. The Morgan fingerprint density at radius 3 is 2.30 bits per heavy atom. The van der Waals surface area contributed by atoms with E-state index in [1.54, 1.807) is 0 Å². The SMILES string of the molecule is CCCc1ccc(C(CN(C)CCC(C)C)NC)cc1. The fourth-order valence-corrected chi connectivity index (χ4v) is 2.45. The molecule has 0 heterocycles. The largest absolute Gasteiger partial charge is 0.312 e. The molecule has 0 saturated carbocycles.